The number of carbonyl (C=O) groups excluding carboxylic acids is 3. The predicted octanol–water partition coefficient (Wildman–Crippen LogP) is 3.83. The largest absolute Gasteiger partial charge is 0.450 e. The Morgan fingerprint density at radius 2 is 2.04 bits per heavy atom. The molecule has 7 nitrogen and oxygen atoms in total. The fraction of sp³-hybridized carbons (Fsp3) is 0.0625. The zero-order chi connectivity index (χ0) is 18.8. The van der Waals surface area contributed by atoms with E-state index in [0.29, 0.717) is 20.2 Å². The minimum atomic E-state index is -0.673. The molecule has 0 spiro atoms. The van der Waals surface area contributed by atoms with Crippen molar-refractivity contribution in [3.8, 4) is 0 Å². The van der Waals surface area contributed by atoms with E-state index in [0.717, 1.165) is 9.37 Å². The van der Waals surface area contributed by atoms with E-state index in [1.165, 1.54) is 6.08 Å². The van der Waals surface area contributed by atoms with Crippen LogP contribution >= 0.6 is 50.1 Å². The molecule has 10 heteroatoms. The number of urea groups is 1. The van der Waals surface area contributed by atoms with Gasteiger partial charge in [-0.3, -0.25) is 9.59 Å². The fourth-order valence-electron chi connectivity index (χ4n) is 2.17. The van der Waals surface area contributed by atoms with Gasteiger partial charge < -0.3 is 15.1 Å². The summed E-state index contributed by atoms with van der Waals surface area (Å²) < 4.78 is 6.77. The summed E-state index contributed by atoms with van der Waals surface area (Å²) in [7, 11) is 0. The summed E-state index contributed by atoms with van der Waals surface area (Å²) in [4.78, 5) is 37.3. The molecular formula is C16H10BrClIN3O4. The van der Waals surface area contributed by atoms with Gasteiger partial charge >= 0.3 is 6.03 Å². The average molecular weight is 551 g/mol. The monoisotopic (exact) mass is 549 g/mol. The molecule has 1 saturated heterocycles. The topological polar surface area (TPSA) is 91.7 Å². The number of hydrogen-bond donors (Lipinski definition) is 2. The third-order valence-corrected chi connectivity index (χ3v) is 5.73. The van der Waals surface area contributed by atoms with Gasteiger partial charge in [0, 0.05) is 39.4 Å². The number of hydrogen-bond acceptors (Lipinski definition) is 4. The van der Waals surface area contributed by atoms with Crippen molar-refractivity contribution in [3.63, 3.8) is 0 Å². The number of amides is 4. The Labute approximate surface area is 175 Å². The summed E-state index contributed by atoms with van der Waals surface area (Å²) in [5, 5.41) is 5.56. The second-order valence-corrected chi connectivity index (χ2v) is 7.48. The molecule has 1 fully saturated rings. The summed E-state index contributed by atoms with van der Waals surface area (Å²) in [5.41, 5.74) is 0.546. The average Bonchev–Trinajstić information content (AvgIpc) is 3.03. The first-order valence-corrected chi connectivity index (χ1v) is 9.43. The maximum Gasteiger partial charge on any atom is 0.329 e. The van der Waals surface area contributed by atoms with Crippen LogP contribution in [0.5, 0.6) is 0 Å². The van der Waals surface area contributed by atoms with Crippen LogP contribution in [0.2, 0.25) is 5.02 Å². The van der Waals surface area contributed by atoms with Gasteiger partial charge in [-0.05, 0) is 46.3 Å². The summed E-state index contributed by atoms with van der Waals surface area (Å²) in [6.07, 6.45) is 1.41. The number of halogens is 3. The Bertz CT molecular complexity index is 907. The Morgan fingerprint density at radius 3 is 2.65 bits per heavy atom. The molecule has 1 aromatic heterocycles. The third kappa shape index (κ3) is 4.27. The number of anilines is 1. The van der Waals surface area contributed by atoms with Gasteiger partial charge in [-0.15, -0.1) is 0 Å². The Balaban J connectivity index is 1.68. The Kier molecular flexibility index (Phi) is 5.68. The molecule has 0 atom stereocenters. The van der Waals surface area contributed by atoms with Crippen molar-refractivity contribution in [1.82, 2.24) is 10.2 Å². The van der Waals surface area contributed by atoms with Crippen molar-refractivity contribution >= 4 is 79.7 Å². The number of furan rings is 1. The normalized spacial score (nSPS) is 15.5. The lowest BCUT2D eigenvalue weighted by Gasteiger charge is -2.11. The molecule has 0 aliphatic carbocycles. The predicted molar refractivity (Wildman–Crippen MR) is 107 cm³/mol. The van der Waals surface area contributed by atoms with E-state index < -0.39 is 24.4 Å². The minimum absolute atomic E-state index is 0.0342. The maximum absolute atomic E-state index is 12.4. The fourth-order valence-corrected chi connectivity index (χ4v) is 3.01. The van der Waals surface area contributed by atoms with Crippen LogP contribution in [-0.4, -0.2) is 29.3 Å². The molecule has 2 aromatic rings. The molecule has 0 saturated carbocycles. The standard InChI is InChI=1S/C16H10BrClIN3O4/c17-11-5-10(26-14(11)19)6-12-15(24)22(16(25)21-12)7-13(23)20-9-3-1-8(18)2-4-9/h1-6H,7H2,(H,20,23)(H,21,25)/b12-6-. The number of carbonyl (C=O) groups is 3. The molecule has 1 aliphatic rings. The van der Waals surface area contributed by atoms with Crippen molar-refractivity contribution in [3.05, 3.63) is 55.1 Å². The Morgan fingerprint density at radius 1 is 1.35 bits per heavy atom. The molecule has 0 unspecified atom stereocenters. The summed E-state index contributed by atoms with van der Waals surface area (Å²) in [5.74, 6) is -0.714. The zero-order valence-corrected chi connectivity index (χ0v) is 17.4. The molecule has 3 rings (SSSR count). The van der Waals surface area contributed by atoms with E-state index >= 15 is 0 Å². The molecule has 134 valence electrons. The van der Waals surface area contributed by atoms with Crippen LogP contribution in [-0.2, 0) is 9.59 Å². The Hall–Kier alpha value is -1.85. The van der Waals surface area contributed by atoms with E-state index in [-0.39, 0.29) is 5.70 Å². The molecular weight excluding hydrogens is 540 g/mol. The van der Waals surface area contributed by atoms with Gasteiger partial charge in [-0.2, -0.15) is 0 Å². The summed E-state index contributed by atoms with van der Waals surface area (Å²) >= 11 is 11.1. The molecule has 1 aromatic carbocycles. The van der Waals surface area contributed by atoms with Crippen LogP contribution in [0.25, 0.3) is 6.08 Å². The number of imide groups is 1. The number of nitrogens with one attached hydrogen (secondary N) is 2. The highest BCUT2D eigenvalue weighted by molar-refractivity contribution is 14.1. The van der Waals surface area contributed by atoms with Crippen molar-refractivity contribution < 1.29 is 18.8 Å². The molecule has 0 radical (unpaired) electrons. The zero-order valence-electron chi connectivity index (χ0n) is 12.9. The second kappa shape index (κ2) is 7.80. The van der Waals surface area contributed by atoms with Gasteiger partial charge in [0.2, 0.25) is 5.91 Å². The van der Waals surface area contributed by atoms with Gasteiger partial charge in [0.05, 0.1) is 4.47 Å². The molecule has 2 heterocycles. The van der Waals surface area contributed by atoms with Crippen LogP contribution in [0.15, 0.2) is 44.9 Å². The van der Waals surface area contributed by atoms with E-state index in [1.54, 1.807) is 30.3 Å². The van der Waals surface area contributed by atoms with E-state index in [1.807, 2.05) is 22.6 Å². The summed E-state index contributed by atoms with van der Waals surface area (Å²) in [6, 6.07) is 7.47. The van der Waals surface area contributed by atoms with Crippen molar-refractivity contribution in [1.29, 1.82) is 0 Å². The first-order chi connectivity index (χ1) is 12.3. The van der Waals surface area contributed by atoms with Crippen LogP contribution in [0.1, 0.15) is 5.76 Å². The highest BCUT2D eigenvalue weighted by Crippen LogP contribution is 2.25. The molecule has 1 aliphatic heterocycles. The van der Waals surface area contributed by atoms with E-state index in [4.69, 9.17) is 16.0 Å². The first-order valence-electron chi connectivity index (χ1n) is 7.18. The van der Waals surface area contributed by atoms with E-state index in [9.17, 15) is 14.4 Å². The quantitative estimate of drug-likeness (QED) is 0.344. The molecule has 2 N–H and O–H groups in total. The lowest BCUT2D eigenvalue weighted by Crippen LogP contribution is -2.38. The smallest absolute Gasteiger partial charge is 0.329 e. The highest BCUT2D eigenvalue weighted by Gasteiger charge is 2.35. The van der Waals surface area contributed by atoms with Crippen molar-refractivity contribution in [2.24, 2.45) is 0 Å². The second-order valence-electron chi connectivity index (χ2n) is 5.20. The lowest BCUT2D eigenvalue weighted by atomic mass is 10.3. The van der Waals surface area contributed by atoms with Crippen LogP contribution in [0.4, 0.5) is 10.5 Å². The molecule has 4 amide bonds. The van der Waals surface area contributed by atoms with Crippen LogP contribution in [0.3, 0.4) is 0 Å². The molecule has 26 heavy (non-hydrogen) atoms. The van der Waals surface area contributed by atoms with Gasteiger partial charge in [0.1, 0.15) is 18.0 Å². The van der Waals surface area contributed by atoms with Crippen molar-refractivity contribution in [2.75, 3.05) is 11.9 Å². The number of rotatable bonds is 4. The summed E-state index contributed by atoms with van der Waals surface area (Å²) in [6.45, 7) is -0.413. The number of benzene rings is 1. The van der Waals surface area contributed by atoms with Crippen molar-refractivity contribution in [2.45, 2.75) is 0 Å². The van der Waals surface area contributed by atoms with E-state index in [2.05, 4.69) is 26.6 Å². The van der Waals surface area contributed by atoms with Crippen LogP contribution in [0, 0.1) is 3.77 Å². The highest BCUT2D eigenvalue weighted by atomic mass is 127. The lowest BCUT2D eigenvalue weighted by molar-refractivity contribution is -0.127. The van der Waals surface area contributed by atoms with Gasteiger partial charge in [-0.1, -0.05) is 11.6 Å². The van der Waals surface area contributed by atoms with Gasteiger partial charge in [-0.25, -0.2) is 9.69 Å². The maximum atomic E-state index is 12.4. The van der Waals surface area contributed by atoms with Crippen LogP contribution < -0.4 is 10.6 Å². The van der Waals surface area contributed by atoms with Gasteiger partial charge in [0.25, 0.3) is 5.91 Å². The van der Waals surface area contributed by atoms with Gasteiger partial charge in [0.15, 0.2) is 3.77 Å². The third-order valence-electron chi connectivity index (χ3n) is 3.34. The SMILES string of the molecule is O=C(CN1C(=O)N/C(=C\c2cc(Br)c(I)o2)C1=O)Nc1ccc(Cl)cc1. The first kappa shape index (κ1) is 18.9. The number of nitrogens with zero attached hydrogens (tertiary/aromatic N) is 1. The molecule has 0 bridgehead atoms. The minimum Gasteiger partial charge on any atom is -0.450 e.